The summed E-state index contributed by atoms with van der Waals surface area (Å²) in [7, 11) is 2.17. The lowest BCUT2D eigenvalue weighted by Crippen LogP contribution is -2.43. The Morgan fingerprint density at radius 1 is 0.950 bits per heavy atom. The zero-order chi connectivity index (χ0) is 28.6. The van der Waals surface area contributed by atoms with Crippen molar-refractivity contribution in [2.75, 3.05) is 19.0 Å². The highest BCUT2D eigenvalue weighted by atomic mass is 35.5. The van der Waals surface area contributed by atoms with Crippen molar-refractivity contribution in [2.45, 2.75) is 56.2 Å². The second kappa shape index (κ2) is 14.0. The number of aliphatic carboxylic acids is 1. The molecule has 7 nitrogen and oxygen atoms in total. The average Bonchev–Trinajstić information content (AvgIpc) is 3.13. The summed E-state index contributed by atoms with van der Waals surface area (Å²) in [6, 6.07) is 22.8. The largest absolute Gasteiger partial charge is 0.481 e. The van der Waals surface area contributed by atoms with Crippen LogP contribution < -0.4 is 5.32 Å². The third kappa shape index (κ3) is 7.55. The molecule has 0 saturated carbocycles. The molecule has 0 amide bonds. The summed E-state index contributed by atoms with van der Waals surface area (Å²) in [5, 5.41) is 22.5. The van der Waals surface area contributed by atoms with Crippen LogP contribution in [0.25, 0.3) is 0 Å². The van der Waals surface area contributed by atoms with Crippen LogP contribution in [0.5, 0.6) is 0 Å². The Labute approximate surface area is 244 Å². The summed E-state index contributed by atoms with van der Waals surface area (Å²) >= 11 is 12.1. The van der Waals surface area contributed by atoms with E-state index in [1.165, 1.54) is 12.8 Å². The average molecular weight is 586 g/mol. The number of anilines is 2. The molecule has 212 valence electrons. The minimum absolute atomic E-state index is 0.00367. The molecule has 5 rings (SSSR count). The van der Waals surface area contributed by atoms with Crippen molar-refractivity contribution in [1.82, 2.24) is 4.90 Å². The Balaban J connectivity index is 0.000000186. The standard InChI is InChI=1S/C17H23NO3.C14H11Cl2NO2/c1-18-13-7-8-14(18)10-15(9-13)21-17(20)16(11-19)12-5-3-2-4-6-12;15-10-5-3-6-11(16)14(10)17-12-7-2-1-4-9(12)8-13(18)19/h2-6,13-16,19H,7-11H2,1H3;1-7,17H,8H2,(H,18,19)/t13-,14+,15+,16?;. The highest BCUT2D eigenvalue weighted by molar-refractivity contribution is 6.39. The van der Waals surface area contributed by atoms with Gasteiger partial charge in [-0.1, -0.05) is 77.8 Å². The van der Waals surface area contributed by atoms with Crippen LogP contribution in [0.3, 0.4) is 0 Å². The van der Waals surface area contributed by atoms with Gasteiger partial charge < -0.3 is 25.2 Å². The SMILES string of the molecule is CN1[C@@H]2CC[C@H]1C[C@@H](OC(=O)C(CO)c1ccccc1)C2.O=C(O)Cc1ccccc1Nc1c(Cl)cccc1Cl. The van der Waals surface area contributed by atoms with Gasteiger partial charge >= 0.3 is 11.9 Å². The fourth-order valence-electron chi connectivity index (χ4n) is 5.42. The molecule has 2 heterocycles. The summed E-state index contributed by atoms with van der Waals surface area (Å²) < 4.78 is 5.70. The molecule has 0 aliphatic carbocycles. The molecule has 2 saturated heterocycles. The normalized spacial score (nSPS) is 20.6. The number of nitrogens with one attached hydrogen (secondary N) is 1. The van der Waals surface area contributed by atoms with E-state index in [-0.39, 0.29) is 25.1 Å². The Morgan fingerprint density at radius 2 is 1.55 bits per heavy atom. The van der Waals surface area contributed by atoms with Crippen molar-refractivity contribution in [1.29, 1.82) is 0 Å². The molecule has 0 aromatic heterocycles. The lowest BCUT2D eigenvalue weighted by molar-refractivity contribution is -0.155. The molecule has 3 aromatic carbocycles. The third-order valence-corrected chi connectivity index (χ3v) is 8.22. The van der Waals surface area contributed by atoms with Gasteiger partial charge in [0.15, 0.2) is 0 Å². The summed E-state index contributed by atoms with van der Waals surface area (Å²) in [6.45, 7) is -0.206. The zero-order valence-electron chi connectivity index (χ0n) is 22.3. The molecule has 2 aliphatic heterocycles. The second-order valence-corrected chi connectivity index (χ2v) is 11.0. The Morgan fingerprint density at radius 3 is 2.15 bits per heavy atom. The van der Waals surface area contributed by atoms with Gasteiger partial charge in [-0.3, -0.25) is 9.59 Å². The first-order valence-corrected chi connectivity index (χ1v) is 14.1. The van der Waals surface area contributed by atoms with Crippen LogP contribution in [-0.2, 0) is 20.7 Å². The maximum atomic E-state index is 12.4. The van der Waals surface area contributed by atoms with Gasteiger partial charge in [0.25, 0.3) is 0 Å². The smallest absolute Gasteiger partial charge is 0.316 e. The number of ether oxygens (including phenoxy) is 1. The van der Waals surface area contributed by atoms with E-state index in [0.29, 0.717) is 39.1 Å². The van der Waals surface area contributed by atoms with Crippen molar-refractivity contribution in [2.24, 2.45) is 0 Å². The summed E-state index contributed by atoms with van der Waals surface area (Å²) in [5.74, 6) is -1.75. The van der Waals surface area contributed by atoms with Crippen LogP contribution >= 0.6 is 23.2 Å². The number of rotatable bonds is 8. The number of nitrogens with zero attached hydrogens (tertiary/aromatic N) is 1. The number of para-hydroxylation sites is 2. The topological polar surface area (TPSA) is 99.1 Å². The lowest BCUT2D eigenvalue weighted by Gasteiger charge is -2.36. The van der Waals surface area contributed by atoms with Crippen LogP contribution in [0.15, 0.2) is 72.8 Å². The summed E-state index contributed by atoms with van der Waals surface area (Å²) in [5.41, 5.74) is 2.75. The van der Waals surface area contributed by atoms with Crippen LogP contribution in [-0.4, -0.2) is 58.9 Å². The van der Waals surface area contributed by atoms with E-state index in [0.717, 1.165) is 18.4 Å². The number of carboxylic acids is 1. The van der Waals surface area contributed by atoms with Crippen LogP contribution in [0.1, 0.15) is 42.7 Å². The number of esters is 1. The molecule has 9 heteroatoms. The monoisotopic (exact) mass is 584 g/mol. The quantitative estimate of drug-likeness (QED) is 0.267. The highest BCUT2D eigenvalue weighted by Gasteiger charge is 2.40. The molecule has 4 atom stereocenters. The van der Waals surface area contributed by atoms with Gasteiger partial charge in [-0.25, -0.2) is 0 Å². The molecular weight excluding hydrogens is 551 g/mol. The van der Waals surface area contributed by atoms with E-state index in [2.05, 4.69) is 17.3 Å². The Bertz CT molecular complexity index is 1270. The molecule has 3 N–H and O–H groups in total. The highest BCUT2D eigenvalue weighted by Crippen LogP contribution is 2.36. The summed E-state index contributed by atoms with van der Waals surface area (Å²) in [4.78, 5) is 25.6. The van der Waals surface area contributed by atoms with Crippen molar-refractivity contribution < 1.29 is 24.5 Å². The van der Waals surface area contributed by atoms with Gasteiger partial charge in [0.1, 0.15) is 12.0 Å². The van der Waals surface area contributed by atoms with Crippen LogP contribution in [0, 0.1) is 0 Å². The van der Waals surface area contributed by atoms with Gasteiger partial charge in [0.2, 0.25) is 0 Å². The molecule has 3 aromatic rings. The molecule has 2 aliphatic rings. The van der Waals surface area contributed by atoms with Gasteiger partial charge in [0, 0.05) is 17.8 Å². The number of benzene rings is 3. The van der Waals surface area contributed by atoms with E-state index in [9.17, 15) is 14.7 Å². The fourth-order valence-corrected chi connectivity index (χ4v) is 5.91. The molecule has 40 heavy (non-hydrogen) atoms. The third-order valence-electron chi connectivity index (χ3n) is 7.59. The Hall–Kier alpha value is -3.10. The first-order chi connectivity index (χ1) is 19.3. The van der Waals surface area contributed by atoms with Crippen LogP contribution in [0.4, 0.5) is 11.4 Å². The maximum absolute atomic E-state index is 12.4. The molecule has 2 bridgehead atoms. The maximum Gasteiger partial charge on any atom is 0.316 e. The van der Waals surface area contributed by atoms with Crippen molar-refractivity contribution >= 4 is 46.5 Å². The number of carbonyl (C=O) groups is 2. The van der Waals surface area contributed by atoms with Crippen molar-refractivity contribution in [3.05, 3.63) is 94.0 Å². The number of carboxylic acid groups (broad SMARTS) is 1. The number of aliphatic hydroxyl groups excluding tert-OH is 1. The van der Waals surface area contributed by atoms with Gasteiger partial charge in [0.05, 0.1) is 28.8 Å². The lowest BCUT2D eigenvalue weighted by atomic mass is 9.98. The number of hydrogen-bond donors (Lipinski definition) is 3. The van der Waals surface area contributed by atoms with Crippen molar-refractivity contribution in [3.63, 3.8) is 0 Å². The minimum Gasteiger partial charge on any atom is -0.481 e. The Kier molecular flexibility index (Phi) is 10.5. The van der Waals surface area contributed by atoms with E-state index in [1.54, 1.807) is 36.4 Å². The number of carbonyl (C=O) groups excluding carboxylic acids is 1. The molecule has 0 spiro atoms. The van der Waals surface area contributed by atoms with Gasteiger partial charge in [-0.15, -0.1) is 0 Å². The predicted octanol–water partition coefficient (Wildman–Crippen LogP) is 6.30. The number of fused-ring (bicyclic) bond motifs is 2. The summed E-state index contributed by atoms with van der Waals surface area (Å²) in [6.07, 6.45) is 4.20. The number of hydrogen-bond acceptors (Lipinski definition) is 6. The van der Waals surface area contributed by atoms with E-state index >= 15 is 0 Å². The fraction of sp³-hybridized carbons (Fsp3) is 0.355. The van der Waals surface area contributed by atoms with E-state index in [4.69, 9.17) is 33.0 Å². The second-order valence-electron chi connectivity index (χ2n) is 10.2. The zero-order valence-corrected chi connectivity index (χ0v) is 23.8. The van der Waals surface area contributed by atoms with E-state index in [1.807, 2.05) is 36.4 Å². The minimum atomic E-state index is -0.889. The first kappa shape index (κ1) is 29.9. The molecule has 2 fully saturated rings. The van der Waals surface area contributed by atoms with Gasteiger partial charge in [-0.2, -0.15) is 0 Å². The first-order valence-electron chi connectivity index (χ1n) is 13.4. The van der Waals surface area contributed by atoms with E-state index < -0.39 is 11.9 Å². The number of halogens is 2. The van der Waals surface area contributed by atoms with Crippen LogP contribution in [0.2, 0.25) is 10.0 Å². The van der Waals surface area contributed by atoms with Crippen molar-refractivity contribution in [3.8, 4) is 0 Å². The molecule has 1 unspecified atom stereocenters. The van der Waals surface area contributed by atoms with Gasteiger partial charge in [-0.05, 0) is 62.1 Å². The molecular formula is C31H34Cl2N2O5. The number of aliphatic hydroxyl groups is 1. The molecule has 0 radical (unpaired) electrons. The predicted molar refractivity (Wildman–Crippen MR) is 157 cm³/mol. The number of piperidine rings is 1.